The Bertz CT molecular complexity index is 311. The summed E-state index contributed by atoms with van der Waals surface area (Å²) in [7, 11) is -2.41. The van der Waals surface area contributed by atoms with E-state index in [-0.39, 0.29) is 5.54 Å². The van der Waals surface area contributed by atoms with E-state index in [4.69, 9.17) is 0 Å². The van der Waals surface area contributed by atoms with Crippen LogP contribution in [0.1, 0.15) is 20.8 Å². The van der Waals surface area contributed by atoms with Crippen molar-refractivity contribution in [2.45, 2.75) is 85.2 Å². The molecule has 0 rings (SSSR count). The first-order chi connectivity index (χ1) is 7.97. The van der Waals surface area contributed by atoms with Crippen LogP contribution in [0.3, 0.4) is 0 Å². The topological polar surface area (TPSA) is 6.25 Å². The van der Waals surface area contributed by atoms with Crippen LogP contribution in [0.2, 0.25) is 58.9 Å². The van der Waals surface area contributed by atoms with Crippen LogP contribution in [0.25, 0.3) is 0 Å². The van der Waals surface area contributed by atoms with E-state index in [1.165, 1.54) is 8.52 Å². The van der Waals surface area contributed by atoms with Gasteiger partial charge in [-0.2, -0.15) is 0 Å². The van der Waals surface area contributed by atoms with E-state index in [0.717, 1.165) is 0 Å². The molecule has 0 saturated heterocycles. The first-order valence-electron chi connectivity index (χ1n) is 7.29. The molecule has 19 heavy (non-hydrogen) atoms. The van der Waals surface area contributed by atoms with Crippen LogP contribution in [-0.4, -0.2) is 38.2 Å². The molecular formula is C13H36N2PSi3+. The minimum absolute atomic E-state index is 0.254. The zero-order chi connectivity index (χ0) is 15.9. The lowest BCUT2D eigenvalue weighted by Gasteiger charge is -2.39. The molecule has 0 amide bonds. The largest absolute Gasteiger partial charge is 0.352 e. The Morgan fingerprint density at radius 3 is 1.21 bits per heavy atom. The van der Waals surface area contributed by atoms with Crippen LogP contribution in [0.5, 0.6) is 0 Å². The Morgan fingerprint density at radius 1 is 0.737 bits per heavy atom. The first-order valence-corrected chi connectivity index (χ1v) is 18.4. The third-order valence-electron chi connectivity index (χ3n) is 2.72. The van der Waals surface area contributed by atoms with Crippen molar-refractivity contribution in [1.29, 1.82) is 0 Å². The van der Waals surface area contributed by atoms with Gasteiger partial charge in [-0.25, -0.2) is 4.00 Å². The predicted octanol–water partition coefficient (Wildman–Crippen LogP) is 5.65. The molecule has 0 fully saturated rings. The fraction of sp³-hybridized carbons (Fsp3) is 1.00. The van der Waals surface area contributed by atoms with Crippen LogP contribution in [0, 0.1) is 0 Å². The van der Waals surface area contributed by atoms with E-state index in [9.17, 15) is 0 Å². The minimum Gasteiger partial charge on any atom is -0.277 e. The second-order valence-corrected chi connectivity index (χ2v) is 26.3. The lowest BCUT2D eigenvalue weighted by Crippen LogP contribution is -2.56. The second kappa shape index (κ2) is 5.84. The summed E-state index contributed by atoms with van der Waals surface area (Å²) in [5.41, 5.74) is 0.254. The molecule has 0 unspecified atom stereocenters. The lowest BCUT2D eigenvalue weighted by atomic mass is 10.1. The third kappa shape index (κ3) is 6.34. The van der Waals surface area contributed by atoms with E-state index >= 15 is 0 Å². The van der Waals surface area contributed by atoms with Crippen LogP contribution in [0.15, 0.2) is 0 Å². The molecule has 6 heteroatoms. The Labute approximate surface area is 126 Å². The fourth-order valence-corrected chi connectivity index (χ4v) is 17.7. The average Bonchev–Trinajstić information content (AvgIpc) is 1.91. The molecule has 2 nitrogen and oxygen atoms in total. The van der Waals surface area contributed by atoms with Crippen molar-refractivity contribution in [2.75, 3.05) is 0 Å². The molecule has 0 atom stereocenters. The van der Waals surface area contributed by atoms with Crippen LogP contribution < -0.4 is 0 Å². The van der Waals surface area contributed by atoms with Gasteiger partial charge in [0.1, 0.15) is 22.0 Å². The molecule has 0 spiro atoms. The molecule has 0 aliphatic heterocycles. The van der Waals surface area contributed by atoms with Crippen LogP contribution in [0.4, 0.5) is 0 Å². The number of hydrogen-bond donors (Lipinski definition) is 0. The quantitative estimate of drug-likeness (QED) is 0.475. The van der Waals surface area contributed by atoms with Gasteiger partial charge in [0.2, 0.25) is 0 Å². The van der Waals surface area contributed by atoms with Gasteiger partial charge in [0, 0.05) is 0 Å². The molecule has 0 aromatic rings. The van der Waals surface area contributed by atoms with Crippen LogP contribution in [-0.2, 0) is 0 Å². The number of rotatable bonds is 4. The standard InChI is InChI=1S/C13H36N2PSi3/c1-13(2,3)14(17(4,5)6)16-15(18(7,8)9)19(10,11)12/h1-12H3/q+1. The molecule has 0 aromatic heterocycles. The third-order valence-corrected chi connectivity index (χ3v) is 18.4. The maximum Gasteiger partial charge on any atom is 0.352 e. The molecule has 0 N–H and O–H groups in total. The van der Waals surface area contributed by atoms with Gasteiger partial charge in [-0.05, 0) is 40.4 Å². The highest BCUT2D eigenvalue weighted by atomic mass is 31.1. The van der Waals surface area contributed by atoms with Crippen LogP contribution >= 0.6 is 8.52 Å². The highest BCUT2D eigenvalue weighted by molar-refractivity contribution is 7.32. The summed E-state index contributed by atoms with van der Waals surface area (Å²) < 4.78 is 5.65. The van der Waals surface area contributed by atoms with Gasteiger partial charge in [0.15, 0.2) is 0 Å². The van der Waals surface area contributed by atoms with Gasteiger partial charge in [-0.15, -0.1) is 0 Å². The van der Waals surface area contributed by atoms with Crippen molar-refractivity contribution in [3.8, 4) is 0 Å². The van der Waals surface area contributed by atoms with Crippen molar-refractivity contribution in [2.24, 2.45) is 0 Å². The summed E-state index contributed by atoms with van der Waals surface area (Å²) in [5.74, 6) is 0. The van der Waals surface area contributed by atoms with Crippen molar-refractivity contribution < 1.29 is 3.99 Å². The average molecular weight is 336 g/mol. The van der Waals surface area contributed by atoms with Crippen molar-refractivity contribution in [3.63, 3.8) is 0 Å². The molecule has 0 radical (unpaired) electrons. The summed E-state index contributed by atoms with van der Waals surface area (Å²) in [4.78, 5) is 0. The Morgan fingerprint density at radius 2 is 1.05 bits per heavy atom. The van der Waals surface area contributed by atoms with E-state index < -0.39 is 24.7 Å². The predicted molar refractivity (Wildman–Crippen MR) is 98.8 cm³/mol. The summed E-state index contributed by atoms with van der Waals surface area (Å²) in [6.45, 7) is 29.4. The van der Waals surface area contributed by atoms with E-state index in [2.05, 4.69) is 87.7 Å². The van der Waals surface area contributed by atoms with Crippen molar-refractivity contribution >= 4 is 33.2 Å². The summed E-state index contributed by atoms with van der Waals surface area (Å²) in [6, 6.07) is 0. The maximum absolute atomic E-state index is 2.88. The van der Waals surface area contributed by atoms with Gasteiger partial charge in [-0.1, -0.05) is 39.3 Å². The Hall–Kier alpha value is 0.711. The van der Waals surface area contributed by atoms with E-state index in [0.29, 0.717) is 0 Å². The zero-order valence-corrected chi connectivity index (χ0v) is 19.2. The number of nitrogens with zero attached hydrogens (tertiary/aromatic N) is 2. The second-order valence-electron chi connectivity index (χ2n) is 9.40. The van der Waals surface area contributed by atoms with Gasteiger partial charge in [0.25, 0.3) is 8.52 Å². The Kier molecular flexibility index (Phi) is 6.05. The highest BCUT2D eigenvalue weighted by Gasteiger charge is 2.43. The van der Waals surface area contributed by atoms with Gasteiger partial charge in [-0.3, -0.25) is 3.99 Å². The normalized spacial score (nSPS) is 16.2. The van der Waals surface area contributed by atoms with Gasteiger partial charge in [0.05, 0.1) is 0 Å². The SMILES string of the molecule is CC(C)(C)[N+](=PN([Si](C)(C)C)[Si](C)(C)C)[Si](C)(C)C. The molecular weight excluding hydrogens is 299 g/mol. The summed E-state index contributed by atoms with van der Waals surface area (Å²) in [6.07, 6.45) is 0. The monoisotopic (exact) mass is 335 g/mol. The van der Waals surface area contributed by atoms with Gasteiger partial charge < -0.3 is 0 Å². The Balaban J connectivity index is 5.91. The highest BCUT2D eigenvalue weighted by Crippen LogP contribution is 2.33. The van der Waals surface area contributed by atoms with Crippen molar-refractivity contribution in [1.82, 2.24) is 4.00 Å². The lowest BCUT2D eigenvalue weighted by molar-refractivity contribution is -0.460. The van der Waals surface area contributed by atoms with Crippen molar-refractivity contribution in [3.05, 3.63) is 0 Å². The molecule has 0 bridgehead atoms. The smallest absolute Gasteiger partial charge is 0.277 e. The summed E-state index contributed by atoms with van der Waals surface area (Å²) >= 11 is 0. The molecule has 0 aliphatic rings. The molecule has 0 heterocycles. The first kappa shape index (κ1) is 19.7. The maximum atomic E-state index is 2.88. The van der Waals surface area contributed by atoms with Gasteiger partial charge >= 0.3 is 8.24 Å². The zero-order valence-electron chi connectivity index (χ0n) is 15.3. The molecule has 0 saturated carbocycles. The summed E-state index contributed by atoms with van der Waals surface area (Å²) in [5, 5.41) is 0. The van der Waals surface area contributed by atoms with E-state index in [1.54, 1.807) is 0 Å². The molecule has 0 aliphatic carbocycles. The molecule has 114 valence electrons. The van der Waals surface area contributed by atoms with E-state index in [1.807, 2.05) is 0 Å². The minimum atomic E-state index is -1.32. The number of hydrogen-bond acceptors (Lipinski definition) is 0. The fourth-order valence-electron chi connectivity index (χ4n) is 2.64. The molecule has 0 aromatic carbocycles.